The molecule has 28 heavy (non-hydrogen) atoms. The molecular weight excluding hydrogens is 370 g/mol. The molecule has 0 radical (unpaired) electrons. The molecule has 0 aromatic heterocycles. The second-order valence-electron chi connectivity index (χ2n) is 7.80. The maximum Gasteiger partial charge on any atom is 0.124 e. The van der Waals surface area contributed by atoms with Crippen molar-refractivity contribution in [3.63, 3.8) is 0 Å². The minimum Gasteiger partial charge on any atom is -0.744 e. The molecule has 0 amide bonds. The van der Waals surface area contributed by atoms with Crippen LogP contribution in [0.2, 0.25) is 0 Å². The summed E-state index contributed by atoms with van der Waals surface area (Å²) in [5.41, 5.74) is 1.11. The first-order valence-electron chi connectivity index (χ1n) is 11.1. The van der Waals surface area contributed by atoms with Gasteiger partial charge in [-0.3, -0.25) is 0 Å². The first kappa shape index (κ1) is 27.1. The topological polar surface area (TPSA) is 93.7 Å². The summed E-state index contributed by atoms with van der Waals surface area (Å²) >= 11 is 0. The van der Waals surface area contributed by atoms with E-state index >= 15 is 0 Å². The van der Waals surface area contributed by atoms with Gasteiger partial charge in [0.25, 0.3) is 0 Å². The molecule has 1 aromatic carbocycles. The van der Waals surface area contributed by atoms with Crippen molar-refractivity contribution < 1.29 is 13.0 Å². The Bertz CT molecular complexity index is 570. The summed E-state index contributed by atoms with van der Waals surface area (Å²) in [6, 6.07) is 6.36. The van der Waals surface area contributed by atoms with Crippen LogP contribution in [0.3, 0.4) is 0 Å². The molecule has 4 nitrogen and oxygen atoms in total. The number of quaternary nitrogens is 1. The zero-order valence-corrected chi connectivity index (χ0v) is 19.1. The SMILES string of the molecule is CCCCCCCCCCCCCCCCCc1ccc(S(=O)(=O)[O-])cc1.[NH4+]. The van der Waals surface area contributed by atoms with E-state index in [9.17, 15) is 13.0 Å². The van der Waals surface area contributed by atoms with Crippen LogP contribution in [0.5, 0.6) is 0 Å². The Balaban J connectivity index is 0.00000729. The van der Waals surface area contributed by atoms with Crippen LogP contribution in [0.4, 0.5) is 0 Å². The van der Waals surface area contributed by atoms with E-state index in [2.05, 4.69) is 6.92 Å². The molecule has 0 fully saturated rings. The quantitative estimate of drug-likeness (QED) is 0.213. The molecule has 4 N–H and O–H groups in total. The third-order valence-corrected chi connectivity index (χ3v) is 6.13. The van der Waals surface area contributed by atoms with E-state index in [1.807, 2.05) is 0 Å². The van der Waals surface area contributed by atoms with Crippen molar-refractivity contribution in [1.29, 1.82) is 0 Å². The summed E-state index contributed by atoms with van der Waals surface area (Å²) in [6.45, 7) is 2.27. The Labute approximate surface area is 173 Å². The maximum atomic E-state index is 10.9. The van der Waals surface area contributed by atoms with E-state index in [0.717, 1.165) is 18.4 Å². The Morgan fingerprint density at radius 3 is 1.36 bits per heavy atom. The number of benzene rings is 1. The average Bonchev–Trinajstić information content (AvgIpc) is 2.64. The fraction of sp³-hybridized carbons (Fsp3) is 0.739. The van der Waals surface area contributed by atoms with Crippen molar-refractivity contribution >= 4 is 10.1 Å². The highest BCUT2D eigenvalue weighted by Gasteiger charge is 2.01. The predicted molar refractivity (Wildman–Crippen MR) is 119 cm³/mol. The molecule has 164 valence electrons. The van der Waals surface area contributed by atoms with E-state index in [1.165, 1.54) is 102 Å². The molecule has 1 aromatic rings. The second kappa shape index (κ2) is 17.0. The summed E-state index contributed by atoms with van der Waals surface area (Å²) in [6.07, 6.45) is 21.3. The summed E-state index contributed by atoms with van der Waals surface area (Å²) in [5, 5.41) is 0. The number of rotatable bonds is 17. The van der Waals surface area contributed by atoms with Gasteiger partial charge in [-0.25, -0.2) is 8.42 Å². The van der Waals surface area contributed by atoms with Crippen LogP contribution in [-0.2, 0) is 16.5 Å². The van der Waals surface area contributed by atoms with Crippen LogP contribution in [0.25, 0.3) is 0 Å². The van der Waals surface area contributed by atoms with Gasteiger partial charge in [0.05, 0.1) is 4.90 Å². The molecule has 0 aliphatic heterocycles. The lowest BCUT2D eigenvalue weighted by atomic mass is 10.0. The Morgan fingerprint density at radius 1 is 0.643 bits per heavy atom. The minimum atomic E-state index is -4.32. The second-order valence-corrected chi connectivity index (χ2v) is 9.18. The normalized spacial score (nSPS) is 11.4. The highest BCUT2D eigenvalue weighted by atomic mass is 32.2. The third-order valence-electron chi connectivity index (χ3n) is 5.28. The molecule has 0 atom stereocenters. The van der Waals surface area contributed by atoms with Gasteiger partial charge in [0, 0.05) is 0 Å². The van der Waals surface area contributed by atoms with Crippen LogP contribution >= 0.6 is 0 Å². The fourth-order valence-corrected chi connectivity index (χ4v) is 3.99. The summed E-state index contributed by atoms with van der Waals surface area (Å²) < 4.78 is 32.7. The number of hydrogen-bond acceptors (Lipinski definition) is 3. The van der Waals surface area contributed by atoms with Crippen molar-refractivity contribution in [1.82, 2.24) is 6.15 Å². The molecule has 5 heteroatoms. The van der Waals surface area contributed by atoms with Crippen LogP contribution in [0.15, 0.2) is 29.2 Å². The Hall–Kier alpha value is -0.910. The molecule has 0 spiro atoms. The van der Waals surface area contributed by atoms with E-state index in [1.54, 1.807) is 12.1 Å². The Kier molecular flexibility index (Phi) is 16.4. The van der Waals surface area contributed by atoms with Crippen molar-refractivity contribution in [2.75, 3.05) is 0 Å². The molecule has 0 heterocycles. The molecule has 0 saturated carbocycles. The zero-order chi connectivity index (χ0) is 19.8. The van der Waals surface area contributed by atoms with Crippen LogP contribution in [0.1, 0.15) is 109 Å². The van der Waals surface area contributed by atoms with Gasteiger partial charge < -0.3 is 10.7 Å². The van der Waals surface area contributed by atoms with Crippen molar-refractivity contribution in [2.45, 2.75) is 115 Å². The molecule has 0 saturated heterocycles. The van der Waals surface area contributed by atoms with Crippen LogP contribution in [-0.4, -0.2) is 13.0 Å². The standard InChI is InChI=1S/C23H40O3S.H3N/c1-2-3-4-5-6-7-8-9-10-11-12-13-14-15-16-17-22-18-20-23(21-19-22)27(24,25)26;/h18-21H,2-17H2,1H3,(H,24,25,26);1H3. The highest BCUT2D eigenvalue weighted by molar-refractivity contribution is 7.85. The monoisotopic (exact) mass is 413 g/mol. The average molecular weight is 414 g/mol. The minimum absolute atomic E-state index is 0. The predicted octanol–water partition coefficient (Wildman–Crippen LogP) is 7.38. The lowest BCUT2D eigenvalue weighted by molar-refractivity contribution is 0.463. The fourth-order valence-electron chi connectivity index (χ4n) is 3.52. The number of aryl methyl sites for hydroxylation is 1. The number of hydrogen-bond donors (Lipinski definition) is 1. The van der Waals surface area contributed by atoms with Gasteiger partial charge in [0.2, 0.25) is 0 Å². The van der Waals surface area contributed by atoms with Crippen molar-refractivity contribution in [3.8, 4) is 0 Å². The van der Waals surface area contributed by atoms with Gasteiger partial charge >= 0.3 is 0 Å². The van der Waals surface area contributed by atoms with E-state index in [0.29, 0.717) is 0 Å². The van der Waals surface area contributed by atoms with Crippen LogP contribution < -0.4 is 6.15 Å². The van der Waals surface area contributed by atoms with Gasteiger partial charge in [-0.05, 0) is 30.5 Å². The largest absolute Gasteiger partial charge is 0.744 e. The van der Waals surface area contributed by atoms with Gasteiger partial charge in [-0.1, -0.05) is 109 Å². The smallest absolute Gasteiger partial charge is 0.124 e. The van der Waals surface area contributed by atoms with Crippen LogP contribution in [0, 0.1) is 0 Å². The van der Waals surface area contributed by atoms with Crippen molar-refractivity contribution in [3.05, 3.63) is 29.8 Å². The third kappa shape index (κ3) is 14.1. The summed E-state index contributed by atoms with van der Waals surface area (Å²) in [5.74, 6) is 0. The highest BCUT2D eigenvalue weighted by Crippen LogP contribution is 2.15. The van der Waals surface area contributed by atoms with Crippen molar-refractivity contribution in [2.24, 2.45) is 0 Å². The van der Waals surface area contributed by atoms with Gasteiger partial charge in [0.15, 0.2) is 0 Å². The summed E-state index contributed by atoms with van der Waals surface area (Å²) in [7, 11) is -4.32. The summed E-state index contributed by atoms with van der Waals surface area (Å²) in [4.78, 5) is -0.136. The molecule has 0 aliphatic rings. The first-order chi connectivity index (χ1) is 13.0. The first-order valence-corrected chi connectivity index (χ1v) is 12.5. The molecule has 1 rings (SSSR count). The van der Waals surface area contributed by atoms with Gasteiger partial charge in [-0.15, -0.1) is 0 Å². The van der Waals surface area contributed by atoms with Gasteiger partial charge in [0.1, 0.15) is 10.1 Å². The van der Waals surface area contributed by atoms with E-state index < -0.39 is 10.1 Å². The lowest BCUT2D eigenvalue weighted by Crippen LogP contribution is -1.98. The van der Waals surface area contributed by atoms with Gasteiger partial charge in [-0.2, -0.15) is 0 Å². The Morgan fingerprint density at radius 2 is 1.00 bits per heavy atom. The molecule has 0 unspecified atom stereocenters. The molecule has 0 aliphatic carbocycles. The number of unbranched alkanes of at least 4 members (excludes halogenated alkanes) is 14. The lowest BCUT2D eigenvalue weighted by Gasteiger charge is -2.08. The van der Waals surface area contributed by atoms with E-state index in [-0.39, 0.29) is 11.0 Å². The maximum absolute atomic E-state index is 10.9. The molecular formula is C23H43NO3S. The van der Waals surface area contributed by atoms with E-state index in [4.69, 9.17) is 0 Å². The zero-order valence-electron chi connectivity index (χ0n) is 18.3. The molecule has 0 bridgehead atoms.